The van der Waals surface area contributed by atoms with E-state index in [-0.39, 0.29) is 17.1 Å². The number of aliphatic carboxylic acids is 1. The topological polar surface area (TPSA) is 83.0 Å². The number of carbonyl (C=O) groups excluding carboxylic acids is 1. The number of nitrogens with zero attached hydrogens (tertiary/aromatic N) is 3. The number of anilines is 1. The average Bonchev–Trinajstić information content (AvgIpc) is 2.96. The smallest absolute Gasteiger partial charge is 0.337 e. The quantitative estimate of drug-likeness (QED) is 0.251. The third-order valence-corrected chi connectivity index (χ3v) is 8.80. The van der Waals surface area contributed by atoms with Crippen molar-refractivity contribution in [1.29, 1.82) is 0 Å². The lowest BCUT2D eigenvalue weighted by Crippen LogP contribution is -2.39. The molecule has 1 aromatic heterocycles. The predicted octanol–water partition coefficient (Wildman–Crippen LogP) is 8.65. The molecule has 2 aromatic carbocycles. The number of hydrogen-bond donors (Lipinski definition) is 1. The molecule has 47 heavy (non-hydrogen) atoms. The molecule has 1 aliphatic heterocycles. The van der Waals surface area contributed by atoms with Crippen LogP contribution in [-0.2, 0) is 27.4 Å². The van der Waals surface area contributed by atoms with Crippen molar-refractivity contribution >= 4 is 17.6 Å². The Kier molecular flexibility index (Phi) is 10.6. The minimum absolute atomic E-state index is 0.00277. The highest BCUT2D eigenvalue weighted by atomic mass is 19.1. The number of piperidine rings is 1. The van der Waals surface area contributed by atoms with Crippen molar-refractivity contribution in [3.05, 3.63) is 82.4 Å². The summed E-state index contributed by atoms with van der Waals surface area (Å²) in [6.45, 7) is 22.0. The van der Waals surface area contributed by atoms with Gasteiger partial charge in [0.15, 0.2) is 6.10 Å². The van der Waals surface area contributed by atoms with Crippen molar-refractivity contribution in [1.82, 2.24) is 9.88 Å². The van der Waals surface area contributed by atoms with E-state index < -0.39 is 23.1 Å². The number of carbonyl (C=O) groups is 2. The fraction of sp³-hybridized carbons (Fsp3) is 0.513. The Morgan fingerprint density at radius 1 is 0.915 bits per heavy atom. The van der Waals surface area contributed by atoms with Gasteiger partial charge < -0.3 is 19.6 Å². The number of aromatic nitrogens is 1. The third-order valence-electron chi connectivity index (χ3n) is 8.80. The summed E-state index contributed by atoms with van der Waals surface area (Å²) in [5.41, 5.74) is 5.49. The second-order valence-corrected chi connectivity index (χ2v) is 15.8. The molecule has 0 saturated carbocycles. The predicted molar refractivity (Wildman–Crippen MR) is 186 cm³/mol. The van der Waals surface area contributed by atoms with E-state index in [0.29, 0.717) is 24.3 Å². The first-order valence-corrected chi connectivity index (χ1v) is 16.6. The van der Waals surface area contributed by atoms with E-state index in [4.69, 9.17) is 9.72 Å². The van der Waals surface area contributed by atoms with E-state index in [1.165, 1.54) is 12.1 Å². The van der Waals surface area contributed by atoms with E-state index in [1.54, 1.807) is 17.0 Å². The van der Waals surface area contributed by atoms with Gasteiger partial charge in [-0.2, -0.15) is 0 Å². The number of hydrogen-bond acceptors (Lipinski definition) is 5. The van der Waals surface area contributed by atoms with Gasteiger partial charge in [0.25, 0.3) is 0 Å². The molecule has 3 aromatic rings. The van der Waals surface area contributed by atoms with Crippen LogP contribution in [0.5, 0.6) is 0 Å². The summed E-state index contributed by atoms with van der Waals surface area (Å²) in [7, 11) is 0. The number of pyridine rings is 1. The Labute approximate surface area is 280 Å². The number of carboxylic acid groups (broad SMARTS) is 1. The van der Waals surface area contributed by atoms with Gasteiger partial charge in [-0.05, 0) is 81.7 Å². The largest absolute Gasteiger partial charge is 0.479 e. The molecule has 2 heterocycles. The molecule has 7 nitrogen and oxygen atoms in total. The lowest BCUT2D eigenvalue weighted by Gasteiger charge is -2.41. The first kappa shape index (κ1) is 36.1. The standard InChI is InChI=1S/C39H52FN3O4/c1-25-31(29-15-11-27(12-16-29)23-43(36(46)37(3,4)5)24-28-13-17-30(40)18-14-28)33(42-21-19-39(9,10)20-22-42)32(26(2)41-25)34(35(44)45)47-38(6,7)8/h11-18,34H,19-24H2,1-10H3,(H,44,45)/t34-/m0/s1. The van der Waals surface area contributed by atoms with Gasteiger partial charge in [0.2, 0.25) is 5.91 Å². The third kappa shape index (κ3) is 8.98. The van der Waals surface area contributed by atoms with E-state index in [1.807, 2.05) is 79.7 Å². The maximum atomic E-state index is 13.6. The highest BCUT2D eigenvalue weighted by Crippen LogP contribution is 2.45. The molecule has 1 aliphatic rings. The molecule has 0 radical (unpaired) electrons. The summed E-state index contributed by atoms with van der Waals surface area (Å²) in [5.74, 6) is -1.35. The Morgan fingerprint density at radius 2 is 1.43 bits per heavy atom. The molecular formula is C39H52FN3O4. The summed E-state index contributed by atoms with van der Waals surface area (Å²) in [6.07, 6.45) is 0.776. The summed E-state index contributed by atoms with van der Waals surface area (Å²) < 4.78 is 19.8. The van der Waals surface area contributed by atoms with Gasteiger partial charge in [0.05, 0.1) is 11.3 Å². The van der Waals surface area contributed by atoms with Gasteiger partial charge in [-0.1, -0.05) is 71.0 Å². The highest BCUT2D eigenvalue weighted by Gasteiger charge is 2.36. The van der Waals surface area contributed by atoms with Crippen LogP contribution in [0.3, 0.4) is 0 Å². The van der Waals surface area contributed by atoms with Crippen molar-refractivity contribution < 1.29 is 23.8 Å². The van der Waals surface area contributed by atoms with Crippen LogP contribution in [0.1, 0.15) is 102 Å². The summed E-state index contributed by atoms with van der Waals surface area (Å²) in [6, 6.07) is 14.4. The van der Waals surface area contributed by atoms with Crippen molar-refractivity contribution in [2.45, 2.75) is 107 Å². The summed E-state index contributed by atoms with van der Waals surface area (Å²) in [4.78, 5) is 35.3. The molecule has 0 unspecified atom stereocenters. The van der Waals surface area contributed by atoms with Crippen LogP contribution >= 0.6 is 0 Å². The number of aryl methyl sites for hydroxylation is 2. The molecule has 8 heteroatoms. The van der Waals surface area contributed by atoms with Crippen LogP contribution in [-0.4, -0.2) is 45.6 Å². The van der Waals surface area contributed by atoms with Crippen LogP contribution in [0, 0.1) is 30.5 Å². The van der Waals surface area contributed by atoms with E-state index in [2.05, 4.69) is 18.7 Å². The number of halogens is 1. The Balaban J connectivity index is 1.79. The Morgan fingerprint density at radius 3 is 1.89 bits per heavy atom. The molecule has 1 fully saturated rings. The zero-order valence-corrected chi connectivity index (χ0v) is 29.8. The van der Waals surface area contributed by atoms with Crippen molar-refractivity contribution in [2.24, 2.45) is 10.8 Å². The van der Waals surface area contributed by atoms with Crippen molar-refractivity contribution in [3.63, 3.8) is 0 Å². The Bertz CT molecular complexity index is 1570. The number of benzene rings is 2. The van der Waals surface area contributed by atoms with Crippen LogP contribution in [0.15, 0.2) is 48.5 Å². The fourth-order valence-corrected chi connectivity index (χ4v) is 6.24. The zero-order chi connectivity index (χ0) is 34.9. The van der Waals surface area contributed by atoms with E-state index in [0.717, 1.165) is 59.6 Å². The summed E-state index contributed by atoms with van der Waals surface area (Å²) >= 11 is 0. The van der Waals surface area contributed by atoms with Gasteiger partial charge in [0.1, 0.15) is 5.82 Å². The maximum Gasteiger partial charge on any atom is 0.337 e. The van der Waals surface area contributed by atoms with Gasteiger partial charge in [-0.15, -0.1) is 0 Å². The van der Waals surface area contributed by atoms with Crippen molar-refractivity contribution in [2.75, 3.05) is 18.0 Å². The highest BCUT2D eigenvalue weighted by molar-refractivity contribution is 5.88. The number of rotatable bonds is 9. The van der Waals surface area contributed by atoms with E-state index >= 15 is 0 Å². The lowest BCUT2D eigenvalue weighted by molar-refractivity contribution is -0.160. The molecule has 1 saturated heterocycles. The molecule has 1 atom stereocenters. The molecule has 1 N–H and O–H groups in total. The molecule has 0 bridgehead atoms. The maximum absolute atomic E-state index is 13.6. The minimum atomic E-state index is -1.19. The average molecular weight is 646 g/mol. The van der Waals surface area contributed by atoms with Gasteiger partial charge in [0, 0.05) is 54.1 Å². The molecule has 1 amide bonds. The zero-order valence-electron chi connectivity index (χ0n) is 29.8. The summed E-state index contributed by atoms with van der Waals surface area (Å²) in [5, 5.41) is 10.5. The van der Waals surface area contributed by atoms with Gasteiger partial charge >= 0.3 is 5.97 Å². The van der Waals surface area contributed by atoms with Gasteiger partial charge in [-0.25, -0.2) is 9.18 Å². The normalized spacial score (nSPS) is 15.8. The van der Waals surface area contributed by atoms with E-state index in [9.17, 15) is 19.1 Å². The van der Waals surface area contributed by atoms with Gasteiger partial charge in [-0.3, -0.25) is 9.78 Å². The molecule has 0 aliphatic carbocycles. The van der Waals surface area contributed by atoms with Crippen molar-refractivity contribution in [3.8, 4) is 11.1 Å². The lowest BCUT2D eigenvalue weighted by atomic mass is 9.81. The van der Waals surface area contributed by atoms with Crippen LogP contribution in [0.2, 0.25) is 0 Å². The SMILES string of the molecule is Cc1nc(C)c([C@H](OC(C)(C)C)C(=O)O)c(N2CCC(C)(C)CC2)c1-c1ccc(CN(Cc2ccc(F)cc2)C(=O)C(C)(C)C)cc1. The Hall–Kier alpha value is -3.78. The number of amides is 1. The first-order valence-electron chi connectivity index (χ1n) is 16.6. The number of ether oxygens (including phenoxy) is 1. The minimum Gasteiger partial charge on any atom is -0.479 e. The molecule has 4 rings (SSSR count). The van der Waals surface area contributed by atoms with Crippen LogP contribution < -0.4 is 4.90 Å². The van der Waals surface area contributed by atoms with Crippen LogP contribution in [0.4, 0.5) is 10.1 Å². The molecule has 254 valence electrons. The first-order chi connectivity index (χ1) is 21.8. The second kappa shape index (κ2) is 13.8. The second-order valence-electron chi connectivity index (χ2n) is 15.8. The number of carboxylic acids is 1. The van der Waals surface area contributed by atoms with Crippen LogP contribution in [0.25, 0.3) is 11.1 Å². The fourth-order valence-electron chi connectivity index (χ4n) is 6.24. The molecule has 0 spiro atoms. The monoisotopic (exact) mass is 645 g/mol. The molecular weight excluding hydrogens is 593 g/mol.